The molecule has 53 heavy (non-hydrogen) atoms. The van der Waals surface area contributed by atoms with Gasteiger partial charge in [-0.15, -0.1) is 0 Å². The van der Waals surface area contributed by atoms with Gasteiger partial charge < -0.3 is 8.98 Å². The van der Waals surface area contributed by atoms with Crippen LogP contribution in [0.15, 0.2) is 193 Å². The van der Waals surface area contributed by atoms with E-state index in [1.54, 1.807) is 0 Å². The molecule has 4 nitrogen and oxygen atoms in total. The van der Waals surface area contributed by atoms with Crippen LogP contribution in [0.3, 0.4) is 0 Å². The second kappa shape index (κ2) is 11.7. The Morgan fingerprint density at radius 1 is 0.434 bits per heavy atom. The summed E-state index contributed by atoms with van der Waals surface area (Å²) in [7, 11) is 0. The molecule has 0 aliphatic heterocycles. The van der Waals surface area contributed by atoms with E-state index in [2.05, 4.69) is 185 Å². The van der Waals surface area contributed by atoms with Crippen molar-refractivity contribution in [2.24, 2.45) is 0 Å². The van der Waals surface area contributed by atoms with Gasteiger partial charge in [-0.2, -0.15) is 0 Å². The lowest BCUT2D eigenvalue weighted by atomic mass is 9.95. The van der Waals surface area contributed by atoms with Crippen LogP contribution in [0.1, 0.15) is 0 Å². The van der Waals surface area contributed by atoms with Crippen LogP contribution in [0.25, 0.3) is 99.8 Å². The zero-order valence-electron chi connectivity index (χ0n) is 28.6. The molecule has 0 amide bonds. The molecule has 0 aliphatic rings. The average Bonchev–Trinajstić information content (AvgIpc) is 3.91. The van der Waals surface area contributed by atoms with Gasteiger partial charge in [0, 0.05) is 44.6 Å². The number of hydrogen-bond donors (Lipinski definition) is 0. The summed E-state index contributed by atoms with van der Waals surface area (Å²) < 4.78 is 11.0. The molecule has 7 aromatic carbocycles. The van der Waals surface area contributed by atoms with Crippen molar-refractivity contribution in [2.75, 3.05) is 0 Å². The van der Waals surface area contributed by atoms with Gasteiger partial charge in [-0.05, 0) is 82.9 Å². The molecule has 0 N–H and O–H groups in total. The Labute approximate surface area is 305 Å². The summed E-state index contributed by atoms with van der Waals surface area (Å²) in [5.74, 6) is 0. The normalized spacial score (nSPS) is 11.8. The minimum Gasteiger partial charge on any atom is -0.456 e. The molecule has 0 fully saturated rings. The molecular weight excluding hydrogens is 647 g/mol. The monoisotopic (exact) mass is 677 g/mol. The Hall–Kier alpha value is -7.17. The first-order valence-corrected chi connectivity index (χ1v) is 18.0. The number of fused-ring (bicyclic) bond motifs is 7. The molecule has 4 heterocycles. The topological polar surface area (TPSA) is 35.4 Å². The van der Waals surface area contributed by atoms with Crippen LogP contribution < -0.4 is 0 Å². The van der Waals surface area contributed by atoms with E-state index in [4.69, 9.17) is 9.40 Å². The number of furan rings is 1. The number of hydrogen-bond acceptors (Lipinski definition) is 2. The van der Waals surface area contributed by atoms with Gasteiger partial charge in [0.15, 0.2) is 0 Å². The van der Waals surface area contributed by atoms with Crippen molar-refractivity contribution in [3.8, 4) is 50.5 Å². The van der Waals surface area contributed by atoms with Crippen molar-refractivity contribution < 1.29 is 4.42 Å². The maximum atomic E-state index is 6.47. The Kier molecular flexibility index (Phi) is 6.52. The number of pyridine rings is 1. The van der Waals surface area contributed by atoms with Crippen molar-refractivity contribution in [1.29, 1.82) is 0 Å². The largest absolute Gasteiger partial charge is 0.456 e. The van der Waals surface area contributed by atoms with Crippen molar-refractivity contribution in [2.45, 2.75) is 0 Å². The molecule has 0 unspecified atom stereocenters. The maximum Gasteiger partial charge on any atom is 0.137 e. The van der Waals surface area contributed by atoms with Crippen LogP contribution in [0.5, 0.6) is 0 Å². The fraction of sp³-hybridized carbons (Fsp3) is 0. The molecule has 0 spiro atoms. The molecule has 0 saturated carbocycles. The predicted molar refractivity (Wildman–Crippen MR) is 219 cm³/mol. The van der Waals surface area contributed by atoms with Crippen LogP contribution in [0.4, 0.5) is 0 Å². The number of rotatable bonds is 5. The Bertz CT molecular complexity index is 3150. The lowest BCUT2D eigenvalue weighted by molar-refractivity contribution is 0.669. The van der Waals surface area contributed by atoms with Crippen LogP contribution in [-0.2, 0) is 0 Å². The quantitative estimate of drug-likeness (QED) is 0.182. The van der Waals surface area contributed by atoms with Crippen molar-refractivity contribution in [3.63, 3.8) is 0 Å². The van der Waals surface area contributed by atoms with Crippen molar-refractivity contribution in [3.05, 3.63) is 188 Å². The second-order valence-corrected chi connectivity index (χ2v) is 13.6. The third-order valence-electron chi connectivity index (χ3n) is 10.6. The van der Waals surface area contributed by atoms with Gasteiger partial charge in [0.25, 0.3) is 0 Å². The van der Waals surface area contributed by atoms with E-state index in [-0.39, 0.29) is 0 Å². The molecule has 11 aromatic rings. The van der Waals surface area contributed by atoms with E-state index in [0.29, 0.717) is 0 Å². The molecule has 0 aliphatic carbocycles. The Morgan fingerprint density at radius 2 is 1.11 bits per heavy atom. The lowest BCUT2D eigenvalue weighted by Crippen LogP contribution is -1.92. The number of aromatic nitrogens is 3. The fourth-order valence-electron chi connectivity index (χ4n) is 8.13. The summed E-state index contributed by atoms with van der Waals surface area (Å²) in [5, 5.41) is 4.71. The van der Waals surface area contributed by atoms with Crippen LogP contribution in [0, 0.1) is 0 Å². The Morgan fingerprint density at radius 3 is 1.96 bits per heavy atom. The molecule has 0 atom stereocenters. The van der Waals surface area contributed by atoms with Gasteiger partial charge in [0.05, 0.1) is 22.4 Å². The van der Waals surface area contributed by atoms with Gasteiger partial charge in [0.2, 0.25) is 0 Å². The van der Waals surface area contributed by atoms with Crippen molar-refractivity contribution >= 4 is 49.4 Å². The SMILES string of the molecule is c1ccc(-c2nc3ccccn3c2-c2ccc(-c3cccc4oc5ccc(-c6ccc7c(c6)c6ccccc6n7-c6ccccc6)cc5c34)cc2)cc1. The lowest BCUT2D eigenvalue weighted by Gasteiger charge is -2.09. The van der Waals surface area contributed by atoms with Gasteiger partial charge in [0.1, 0.15) is 16.8 Å². The highest BCUT2D eigenvalue weighted by atomic mass is 16.3. The molecular formula is C49H31N3O. The summed E-state index contributed by atoms with van der Waals surface area (Å²) in [6.07, 6.45) is 2.09. The average molecular weight is 678 g/mol. The summed E-state index contributed by atoms with van der Waals surface area (Å²) >= 11 is 0. The highest BCUT2D eigenvalue weighted by molar-refractivity contribution is 6.14. The molecule has 248 valence electrons. The maximum absolute atomic E-state index is 6.47. The van der Waals surface area contributed by atoms with Crippen LogP contribution in [0.2, 0.25) is 0 Å². The Balaban J connectivity index is 1.03. The van der Waals surface area contributed by atoms with Crippen LogP contribution >= 0.6 is 0 Å². The number of nitrogens with zero attached hydrogens (tertiary/aromatic N) is 3. The highest BCUT2D eigenvalue weighted by Gasteiger charge is 2.18. The number of benzene rings is 7. The molecule has 0 radical (unpaired) electrons. The first-order chi connectivity index (χ1) is 26.3. The molecule has 4 aromatic heterocycles. The summed E-state index contributed by atoms with van der Waals surface area (Å²) in [5.41, 5.74) is 15.1. The van der Waals surface area contributed by atoms with E-state index >= 15 is 0 Å². The summed E-state index contributed by atoms with van der Waals surface area (Å²) in [6, 6.07) is 64.5. The van der Waals surface area contributed by atoms with Gasteiger partial charge in [-0.3, -0.25) is 4.40 Å². The first-order valence-electron chi connectivity index (χ1n) is 18.0. The summed E-state index contributed by atoms with van der Waals surface area (Å²) in [6.45, 7) is 0. The molecule has 11 rings (SSSR count). The highest BCUT2D eigenvalue weighted by Crippen LogP contribution is 2.41. The van der Waals surface area contributed by atoms with E-state index in [9.17, 15) is 0 Å². The zero-order valence-corrected chi connectivity index (χ0v) is 28.6. The van der Waals surface area contributed by atoms with E-state index in [1.807, 2.05) is 12.1 Å². The minimum atomic E-state index is 0.882. The van der Waals surface area contributed by atoms with Gasteiger partial charge in [-0.25, -0.2) is 4.98 Å². The molecule has 0 saturated heterocycles. The third-order valence-corrected chi connectivity index (χ3v) is 10.6. The fourth-order valence-corrected chi connectivity index (χ4v) is 8.13. The number of para-hydroxylation sites is 2. The van der Waals surface area contributed by atoms with E-state index in [0.717, 1.165) is 72.5 Å². The van der Waals surface area contributed by atoms with E-state index < -0.39 is 0 Å². The predicted octanol–water partition coefficient (Wildman–Crippen LogP) is 13.0. The number of imidazole rings is 1. The first kappa shape index (κ1) is 29.5. The molecule has 4 heteroatoms. The standard InChI is InChI=1S/C49H31N3O/c1-3-12-33(13-4-1)48-49(51-29-10-9-20-46(51)50-48)34-23-21-32(22-24-34)38-17-11-19-45-47(38)41-31-36(26-28-44(41)53-45)35-25-27-43-40(30-35)39-16-7-8-18-42(39)52(43)37-14-5-2-6-15-37/h1-31H. The summed E-state index contributed by atoms with van der Waals surface area (Å²) in [4.78, 5) is 5.04. The van der Waals surface area contributed by atoms with Gasteiger partial charge >= 0.3 is 0 Å². The minimum absolute atomic E-state index is 0.882. The van der Waals surface area contributed by atoms with Crippen LogP contribution in [-0.4, -0.2) is 14.0 Å². The van der Waals surface area contributed by atoms with Crippen molar-refractivity contribution in [1.82, 2.24) is 14.0 Å². The van der Waals surface area contributed by atoms with E-state index in [1.165, 1.54) is 27.4 Å². The molecule has 0 bridgehead atoms. The smallest absolute Gasteiger partial charge is 0.137 e. The van der Waals surface area contributed by atoms with Gasteiger partial charge in [-0.1, -0.05) is 121 Å². The second-order valence-electron chi connectivity index (χ2n) is 13.6. The third kappa shape index (κ3) is 4.66. The zero-order chi connectivity index (χ0) is 34.9.